The van der Waals surface area contributed by atoms with Gasteiger partial charge in [0.25, 0.3) is 0 Å². The molecule has 0 bridgehead atoms. The van der Waals surface area contributed by atoms with Gasteiger partial charge < -0.3 is 5.11 Å². The molecule has 1 aliphatic rings. The van der Waals surface area contributed by atoms with Gasteiger partial charge in [-0.25, -0.2) is 0 Å². The molecular weight excluding hydrogens is 274 g/mol. The van der Waals surface area contributed by atoms with Crippen LogP contribution in [0.2, 0.25) is 0 Å². The van der Waals surface area contributed by atoms with E-state index in [1.807, 2.05) is 36.4 Å². The van der Waals surface area contributed by atoms with E-state index in [0.717, 1.165) is 16.7 Å². The van der Waals surface area contributed by atoms with Crippen LogP contribution in [0.15, 0.2) is 48.8 Å². The number of nitrogens with zero attached hydrogens (tertiary/aromatic N) is 2. The van der Waals surface area contributed by atoms with E-state index in [-0.39, 0.29) is 24.6 Å². The summed E-state index contributed by atoms with van der Waals surface area (Å²) >= 11 is 0. The van der Waals surface area contributed by atoms with Gasteiger partial charge in [-0.3, -0.25) is 10.3 Å². The molecular formula is C18H15N3O. The van der Waals surface area contributed by atoms with Crippen LogP contribution in [0.1, 0.15) is 22.6 Å². The molecule has 3 rings (SSSR count). The molecule has 2 heterocycles. The predicted octanol–water partition coefficient (Wildman–Crippen LogP) is 1.42. The monoisotopic (exact) mass is 289 g/mol. The lowest BCUT2D eigenvalue weighted by Gasteiger charge is -2.41. The number of hydrogen-bond acceptors (Lipinski definition) is 4. The van der Waals surface area contributed by atoms with Crippen LogP contribution >= 0.6 is 0 Å². The van der Waals surface area contributed by atoms with Gasteiger partial charge in [0.05, 0.1) is 12.7 Å². The molecule has 1 saturated heterocycles. The van der Waals surface area contributed by atoms with E-state index in [1.165, 1.54) is 0 Å². The Kier molecular flexibility index (Phi) is 4.16. The summed E-state index contributed by atoms with van der Waals surface area (Å²) in [7, 11) is 0. The van der Waals surface area contributed by atoms with Gasteiger partial charge in [-0.1, -0.05) is 24.0 Å². The van der Waals surface area contributed by atoms with Crippen LogP contribution in [0.3, 0.4) is 0 Å². The number of aliphatic hydroxyl groups excluding tert-OH is 1. The van der Waals surface area contributed by atoms with Crippen molar-refractivity contribution in [3.8, 4) is 17.9 Å². The Morgan fingerprint density at radius 2 is 1.91 bits per heavy atom. The first-order valence-electron chi connectivity index (χ1n) is 7.10. The van der Waals surface area contributed by atoms with Crippen LogP contribution in [-0.2, 0) is 0 Å². The Hall–Kier alpha value is -2.66. The number of nitrogens with one attached hydrogen (secondary N) is 1. The summed E-state index contributed by atoms with van der Waals surface area (Å²) < 4.78 is 0. The highest BCUT2D eigenvalue weighted by Gasteiger charge is 2.40. The van der Waals surface area contributed by atoms with E-state index >= 15 is 0 Å². The summed E-state index contributed by atoms with van der Waals surface area (Å²) in [6.07, 6.45) is 3.45. The second kappa shape index (κ2) is 6.41. The van der Waals surface area contributed by atoms with Gasteiger partial charge in [-0.15, -0.1) is 0 Å². The molecule has 1 fully saturated rings. The van der Waals surface area contributed by atoms with Crippen LogP contribution < -0.4 is 5.32 Å². The van der Waals surface area contributed by atoms with Gasteiger partial charge in [0.1, 0.15) is 6.04 Å². The zero-order valence-electron chi connectivity index (χ0n) is 11.9. The van der Waals surface area contributed by atoms with Crippen molar-refractivity contribution < 1.29 is 5.11 Å². The molecule has 108 valence electrons. The lowest BCUT2D eigenvalue weighted by molar-refractivity contribution is 0.151. The molecule has 0 unspecified atom stereocenters. The Labute approximate surface area is 129 Å². The maximum Gasteiger partial charge on any atom is 0.104 e. The smallest absolute Gasteiger partial charge is 0.104 e. The van der Waals surface area contributed by atoms with Crippen molar-refractivity contribution >= 4 is 0 Å². The van der Waals surface area contributed by atoms with Crippen LogP contribution in [-0.4, -0.2) is 28.8 Å². The SMILES string of the molecule is N#C[C@H]1N[C@H](CO)[C@H]1c1ccc(C#Cc2cccnc2)cc1. The Morgan fingerprint density at radius 1 is 1.14 bits per heavy atom. The number of aromatic nitrogens is 1. The number of nitriles is 1. The highest BCUT2D eigenvalue weighted by Crippen LogP contribution is 2.31. The van der Waals surface area contributed by atoms with Crippen molar-refractivity contribution in [2.75, 3.05) is 6.61 Å². The third-order valence-electron chi connectivity index (χ3n) is 3.83. The average molecular weight is 289 g/mol. The lowest BCUT2D eigenvalue weighted by Crippen LogP contribution is -2.60. The van der Waals surface area contributed by atoms with E-state index in [9.17, 15) is 5.11 Å². The quantitative estimate of drug-likeness (QED) is 0.821. The first-order chi connectivity index (χ1) is 10.8. The van der Waals surface area contributed by atoms with Crippen molar-refractivity contribution in [2.45, 2.75) is 18.0 Å². The second-order valence-corrected chi connectivity index (χ2v) is 5.20. The van der Waals surface area contributed by atoms with E-state index in [4.69, 9.17) is 5.26 Å². The number of rotatable bonds is 2. The van der Waals surface area contributed by atoms with Crippen molar-refractivity contribution in [2.24, 2.45) is 0 Å². The lowest BCUT2D eigenvalue weighted by atomic mass is 9.78. The highest BCUT2D eigenvalue weighted by molar-refractivity contribution is 5.44. The fraction of sp³-hybridized carbons (Fsp3) is 0.222. The van der Waals surface area contributed by atoms with Crippen molar-refractivity contribution in [3.63, 3.8) is 0 Å². The molecule has 4 nitrogen and oxygen atoms in total. The Morgan fingerprint density at radius 3 is 2.55 bits per heavy atom. The minimum absolute atomic E-state index is 0.0331. The molecule has 0 aliphatic carbocycles. The zero-order valence-corrected chi connectivity index (χ0v) is 11.9. The Balaban J connectivity index is 1.76. The summed E-state index contributed by atoms with van der Waals surface area (Å²) in [5, 5.41) is 21.4. The molecule has 3 atom stereocenters. The molecule has 0 radical (unpaired) electrons. The fourth-order valence-corrected chi connectivity index (χ4v) is 2.63. The van der Waals surface area contributed by atoms with Crippen molar-refractivity contribution in [3.05, 3.63) is 65.5 Å². The summed E-state index contributed by atoms with van der Waals surface area (Å²) in [5.41, 5.74) is 2.84. The normalized spacial score (nSPS) is 22.8. The first kappa shape index (κ1) is 14.3. The predicted molar refractivity (Wildman–Crippen MR) is 82.8 cm³/mol. The summed E-state index contributed by atoms with van der Waals surface area (Å²) in [4.78, 5) is 4.02. The highest BCUT2D eigenvalue weighted by atomic mass is 16.3. The average Bonchev–Trinajstić information content (AvgIpc) is 2.55. The van der Waals surface area contributed by atoms with E-state index < -0.39 is 0 Å². The van der Waals surface area contributed by atoms with Crippen LogP contribution in [0.4, 0.5) is 0 Å². The maximum atomic E-state index is 9.30. The fourth-order valence-electron chi connectivity index (χ4n) is 2.63. The largest absolute Gasteiger partial charge is 0.395 e. The number of hydrogen-bond donors (Lipinski definition) is 2. The molecule has 0 spiro atoms. The minimum atomic E-state index is -0.232. The third-order valence-corrected chi connectivity index (χ3v) is 3.83. The first-order valence-corrected chi connectivity index (χ1v) is 7.10. The molecule has 0 amide bonds. The summed E-state index contributed by atoms with van der Waals surface area (Å²) in [6.45, 7) is 0.0331. The van der Waals surface area contributed by atoms with E-state index in [1.54, 1.807) is 12.4 Å². The second-order valence-electron chi connectivity index (χ2n) is 5.20. The molecule has 1 aromatic carbocycles. The third kappa shape index (κ3) is 2.84. The van der Waals surface area contributed by atoms with E-state index in [0.29, 0.717) is 0 Å². The van der Waals surface area contributed by atoms with Gasteiger partial charge in [0, 0.05) is 35.5 Å². The Bertz CT molecular complexity index is 738. The topological polar surface area (TPSA) is 68.9 Å². The van der Waals surface area contributed by atoms with Gasteiger partial charge >= 0.3 is 0 Å². The van der Waals surface area contributed by atoms with Gasteiger partial charge in [0.2, 0.25) is 0 Å². The van der Waals surface area contributed by atoms with Crippen LogP contribution in [0.25, 0.3) is 0 Å². The minimum Gasteiger partial charge on any atom is -0.395 e. The van der Waals surface area contributed by atoms with E-state index in [2.05, 4.69) is 28.2 Å². The van der Waals surface area contributed by atoms with Crippen molar-refractivity contribution in [1.29, 1.82) is 5.26 Å². The zero-order chi connectivity index (χ0) is 15.4. The number of aliphatic hydroxyl groups is 1. The summed E-state index contributed by atoms with van der Waals surface area (Å²) in [5.74, 6) is 6.19. The molecule has 2 aromatic rings. The van der Waals surface area contributed by atoms with Gasteiger partial charge in [0.15, 0.2) is 0 Å². The van der Waals surface area contributed by atoms with Crippen molar-refractivity contribution in [1.82, 2.24) is 10.3 Å². The molecule has 1 aromatic heterocycles. The molecule has 1 aliphatic heterocycles. The molecule has 0 saturated carbocycles. The summed E-state index contributed by atoms with van der Waals surface area (Å²) in [6, 6.07) is 13.6. The van der Waals surface area contributed by atoms with Gasteiger partial charge in [-0.2, -0.15) is 5.26 Å². The molecule has 4 heteroatoms. The van der Waals surface area contributed by atoms with Crippen LogP contribution in [0, 0.1) is 23.2 Å². The van der Waals surface area contributed by atoms with Gasteiger partial charge in [-0.05, 0) is 29.8 Å². The number of benzene rings is 1. The standard InChI is InChI=1S/C18H15N3O/c19-10-16-18(17(12-22)21-16)15-7-5-13(6-8-15)3-4-14-2-1-9-20-11-14/h1-2,5-9,11,16-18,21-22H,12H2/t16-,17-,18+/m1/s1. The molecule has 22 heavy (non-hydrogen) atoms. The van der Waals surface area contributed by atoms with Crippen LogP contribution in [0.5, 0.6) is 0 Å². The molecule has 2 N–H and O–H groups in total. The maximum absolute atomic E-state index is 9.30. The number of pyridine rings is 1.